The van der Waals surface area contributed by atoms with Crippen molar-refractivity contribution in [3.05, 3.63) is 60.2 Å². The van der Waals surface area contributed by atoms with E-state index in [4.69, 9.17) is 4.74 Å². The molecule has 0 radical (unpaired) electrons. The number of anilines is 1. The number of hydrogen-bond donors (Lipinski definition) is 1. The number of carbonyl (C=O) groups excluding carboxylic acids is 2. The van der Waals surface area contributed by atoms with Crippen LogP contribution in [0.4, 0.5) is 5.69 Å². The summed E-state index contributed by atoms with van der Waals surface area (Å²) in [5, 5.41) is 2.76. The lowest BCUT2D eigenvalue weighted by molar-refractivity contribution is -0.125. The average molecular weight is 419 g/mol. The van der Waals surface area contributed by atoms with E-state index in [-0.39, 0.29) is 10.5 Å². The minimum absolute atomic E-state index is 0.0464. The Morgan fingerprint density at radius 2 is 1.72 bits per heavy atom. The molecule has 0 saturated carbocycles. The molecule has 29 heavy (non-hydrogen) atoms. The smallest absolute Gasteiger partial charge is 0.338 e. The van der Waals surface area contributed by atoms with E-state index >= 15 is 0 Å². The SMILES string of the molecule is CCC(C)(C)NC(=O)COC(=O)c1cccc(S(=O)(=O)N(C)c2ccccc2)c1. The highest BCUT2D eigenvalue weighted by molar-refractivity contribution is 7.92. The Hall–Kier alpha value is -2.87. The largest absolute Gasteiger partial charge is 0.452 e. The standard InChI is InChI=1S/C21H26N2O5S/c1-5-21(2,3)22-19(24)15-28-20(25)16-10-9-13-18(14-16)29(26,27)23(4)17-11-7-6-8-12-17/h6-14H,5,15H2,1-4H3,(H,22,24). The maximum Gasteiger partial charge on any atom is 0.338 e. The zero-order valence-electron chi connectivity index (χ0n) is 17.0. The van der Waals surface area contributed by atoms with Crippen LogP contribution >= 0.6 is 0 Å². The number of carbonyl (C=O) groups is 2. The van der Waals surface area contributed by atoms with Gasteiger partial charge in [-0.3, -0.25) is 9.10 Å². The summed E-state index contributed by atoms with van der Waals surface area (Å²) >= 11 is 0. The van der Waals surface area contributed by atoms with Gasteiger partial charge in [0.05, 0.1) is 16.1 Å². The number of sulfonamides is 1. The molecular formula is C21H26N2O5S. The molecule has 7 nitrogen and oxygen atoms in total. The highest BCUT2D eigenvalue weighted by Gasteiger charge is 2.23. The molecule has 0 atom stereocenters. The van der Waals surface area contributed by atoms with Crippen LogP contribution in [0.2, 0.25) is 0 Å². The molecule has 2 aromatic carbocycles. The van der Waals surface area contributed by atoms with Crippen LogP contribution in [-0.2, 0) is 19.6 Å². The van der Waals surface area contributed by atoms with E-state index < -0.39 is 34.0 Å². The van der Waals surface area contributed by atoms with E-state index in [1.54, 1.807) is 30.3 Å². The van der Waals surface area contributed by atoms with Crippen LogP contribution in [0.3, 0.4) is 0 Å². The van der Waals surface area contributed by atoms with Crippen LogP contribution < -0.4 is 9.62 Å². The van der Waals surface area contributed by atoms with Crippen molar-refractivity contribution in [2.45, 2.75) is 37.6 Å². The van der Waals surface area contributed by atoms with Gasteiger partial charge < -0.3 is 10.1 Å². The van der Waals surface area contributed by atoms with Gasteiger partial charge in [-0.1, -0.05) is 31.2 Å². The van der Waals surface area contributed by atoms with E-state index in [2.05, 4.69) is 5.32 Å². The van der Waals surface area contributed by atoms with Crippen molar-refractivity contribution in [1.82, 2.24) is 5.32 Å². The van der Waals surface area contributed by atoms with E-state index in [1.807, 2.05) is 20.8 Å². The first-order chi connectivity index (χ1) is 13.6. The second kappa shape index (κ2) is 9.09. The molecule has 0 unspecified atom stereocenters. The molecule has 2 rings (SSSR count). The number of ether oxygens (including phenoxy) is 1. The lowest BCUT2D eigenvalue weighted by atomic mass is 10.0. The highest BCUT2D eigenvalue weighted by Crippen LogP contribution is 2.22. The fraction of sp³-hybridized carbons (Fsp3) is 0.333. The van der Waals surface area contributed by atoms with Crippen LogP contribution in [-0.4, -0.2) is 39.5 Å². The molecule has 8 heteroatoms. The Bertz CT molecular complexity index is 972. The van der Waals surface area contributed by atoms with E-state index in [1.165, 1.54) is 31.3 Å². The van der Waals surface area contributed by atoms with Gasteiger partial charge in [0.1, 0.15) is 0 Å². The van der Waals surface area contributed by atoms with Crippen molar-refractivity contribution in [2.75, 3.05) is 18.0 Å². The minimum atomic E-state index is -3.86. The Kier molecular flexibility index (Phi) is 7.02. The van der Waals surface area contributed by atoms with Crippen molar-refractivity contribution in [1.29, 1.82) is 0 Å². The maximum absolute atomic E-state index is 12.9. The molecule has 1 N–H and O–H groups in total. The zero-order chi connectivity index (χ0) is 21.7. The topological polar surface area (TPSA) is 92.8 Å². The summed E-state index contributed by atoms with van der Waals surface area (Å²) in [5.41, 5.74) is 0.144. The zero-order valence-corrected chi connectivity index (χ0v) is 17.8. The number of rotatable bonds is 8. The number of nitrogens with one attached hydrogen (secondary N) is 1. The van der Waals surface area contributed by atoms with Gasteiger partial charge >= 0.3 is 5.97 Å². The molecule has 0 aliphatic carbocycles. The summed E-state index contributed by atoms with van der Waals surface area (Å²) in [5.74, 6) is -1.19. The number of nitrogens with zero attached hydrogens (tertiary/aromatic N) is 1. The maximum atomic E-state index is 12.9. The first-order valence-corrected chi connectivity index (χ1v) is 10.6. The number of esters is 1. The van der Waals surface area contributed by atoms with E-state index in [0.29, 0.717) is 5.69 Å². The van der Waals surface area contributed by atoms with Gasteiger partial charge in [-0.2, -0.15) is 0 Å². The molecule has 0 saturated heterocycles. The van der Waals surface area contributed by atoms with Crippen LogP contribution in [0.5, 0.6) is 0 Å². The Balaban J connectivity index is 2.12. The van der Waals surface area contributed by atoms with Gasteiger partial charge in [0.2, 0.25) is 0 Å². The predicted molar refractivity (Wildman–Crippen MR) is 111 cm³/mol. The van der Waals surface area contributed by atoms with E-state index in [0.717, 1.165) is 10.7 Å². The molecule has 156 valence electrons. The number of hydrogen-bond acceptors (Lipinski definition) is 5. The summed E-state index contributed by atoms with van der Waals surface area (Å²) in [6, 6.07) is 14.2. The Morgan fingerprint density at radius 1 is 1.07 bits per heavy atom. The Labute approximate surface area is 171 Å². The molecule has 0 heterocycles. The number of amides is 1. The third kappa shape index (κ3) is 5.80. The van der Waals surface area contributed by atoms with Gasteiger partial charge in [-0.25, -0.2) is 13.2 Å². The predicted octanol–water partition coefficient (Wildman–Crippen LogP) is 2.97. The van der Waals surface area contributed by atoms with E-state index in [9.17, 15) is 18.0 Å². The second-order valence-corrected chi connectivity index (χ2v) is 9.17. The molecular weight excluding hydrogens is 392 g/mol. The van der Waals surface area contributed by atoms with Crippen LogP contribution in [0.1, 0.15) is 37.6 Å². The van der Waals surface area contributed by atoms with Gasteiger partial charge in [-0.05, 0) is 50.6 Å². The lowest BCUT2D eigenvalue weighted by Crippen LogP contribution is -2.44. The number of para-hydroxylation sites is 1. The number of benzene rings is 2. The van der Waals surface area contributed by atoms with Gasteiger partial charge in [0, 0.05) is 12.6 Å². The summed E-state index contributed by atoms with van der Waals surface area (Å²) in [6.07, 6.45) is 0.724. The van der Waals surface area contributed by atoms with Crippen molar-refractivity contribution < 1.29 is 22.7 Å². The molecule has 0 spiro atoms. The van der Waals surface area contributed by atoms with Crippen molar-refractivity contribution in [3.63, 3.8) is 0 Å². The van der Waals surface area contributed by atoms with Gasteiger partial charge in [0.15, 0.2) is 6.61 Å². The molecule has 0 fully saturated rings. The first-order valence-electron chi connectivity index (χ1n) is 9.19. The monoisotopic (exact) mass is 418 g/mol. The fourth-order valence-electron chi connectivity index (χ4n) is 2.43. The van der Waals surface area contributed by atoms with Crippen LogP contribution in [0, 0.1) is 0 Å². The molecule has 0 aromatic heterocycles. The van der Waals surface area contributed by atoms with Crippen LogP contribution in [0.15, 0.2) is 59.5 Å². The summed E-state index contributed by atoms with van der Waals surface area (Å²) in [4.78, 5) is 24.2. The van der Waals surface area contributed by atoms with Crippen molar-refractivity contribution in [2.24, 2.45) is 0 Å². The quantitative estimate of drug-likeness (QED) is 0.666. The lowest BCUT2D eigenvalue weighted by Gasteiger charge is -2.24. The average Bonchev–Trinajstić information content (AvgIpc) is 2.71. The minimum Gasteiger partial charge on any atom is -0.452 e. The molecule has 0 aliphatic heterocycles. The Morgan fingerprint density at radius 3 is 2.34 bits per heavy atom. The normalized spacial score (nSPS) is 11.6. The highest BCUT2D eigenvalue weighted by atomic mass is 32.2. The summed E-state index contributed by atoms with van der Waals surface area (Å²) in [7, 11) is -2.42. The molecule has 0 bridgehead atoms. The van der Waals surface area contributed by atoms with Gasteiger partial charge in [0.25, 0.3) is 15.9 Å². The molecule has 2 aromatic rings. The molecule has 1 amide bonds. The van der Waals surface area contributed by atoms with Gasteiger partial charge in [-0.15, -0.1) is 0 Å². The van der Waals surface area contributed by atoms with Crippen LogP contribution in [0.25, 0.3) is 0 Å². The second-order valence-electron chi connectivity index (χ2n) is 7.20. The molecule has 0 aliphatic rings. The summed E-state index contributed by atoms with van der Waals surface area (Å²) in [6.45, 7) is 5.22. The third-order valence-electron chi connectivity index (χ3n) is 4.54. The first kappa shape index (κ1) is 22.4. The van der Waals surface area contributed by atoms with Crippen molar-refractivity contribution in [3.8, 4) is 0 Å². The third-order valence-corrected chi connectivity index (χ3v) is 6.33. The fourth-order valence-corrected chi connectivity index (χ4v) is 3.68. The summed E-state index contributed by atoms with van der Waals surface area (Å²) < 4.78 is 31.9. The van der Waals surface area contributed by atoms with Crippen molar-refractivity contribution >= 4 is 27.6 Å².